The third-order valence-electron chi connectivity index (χ3n) is 5.50. The molecule has 8 nitrogen and oxygen atoms in total. The van der Waals surface area contributed by atoms with Crippen LogP contribution < -0.4 is 0 Å². The van der Waals surface area contributed by atoms with E-state index in [-0.39, 0.29) is 18.0 Å². The van der Waals surface area contributed by atoms with Crippen molar-refractivity contribution in [2.75, 3.05) is 26.2 Å². The molecule has 0 N–H and O–H groups in total. The topological polar surface area (TPSA) is 80.6 Å². The minimum atomic E-state index is -0.422. The van der Waals surface area contributed by atoms with Crippen molar-refractivity contribution in [3.8, 4) is 0 Å². The maximum absolute atomic E-state index is 12.7. The van der Waals surface area contributed by atoms with Gasteiger partial charge in [0, 0.05) is 32.5 Å². The highest BCUT2D eigenvalue weighted by atomic mass is 16.6. The van der Waals surface area contributed by atoms with E-state index in [1.165, 1.54) is 19.2 Å². The second-order valence-corrected chi connectivity index (χ2v) is 7.41. The zero-order chi connectivity index (χ0) is 18.6. The van der Waals surface area contributed by atoms with Crippen LogP contribution in [0.25, 0.3) is 0 Å². The molecule has 1 unspecified atom stereocenters. The molecule has 1 aromatic rings. The van der Waals surface area contributed by atoms with Crippen LogP contribution in [0.3, 0.4) is 0 Å². The third kappa shape index (κ3) is 3.99. The van der Waals surface area contributed by atoms with Crippen molar-refractivity contribution in [2.24, 2.45) is 0 Å². The Hall–Kier alpha value is -2.12. The summed E-state index contributed by atoms with van der Waals surface area (Å²) in [6.07, 6.45) is 8.75. The summed E-state index contributed by atoms with van der Waals surface area (Å²) in [5.41, 5.74) is -0.422. The van der Waals surface area contributed by atoms with Crippen molar-refractivity contribution >= 4 is 12.0 Å². The fraction of sp³-hybridized carbons (Fsp3) is 0.778. The number of hydrogen-bond acceptors (Lipinski definition) is 5. The summed E-state index contributed by atoms with van der Waals surface area (Å²) in [4.78, 5) is 32.4. The first kappa shape index (κ1) is 18.7. The Balaban J connectivity index is 1.50. The van der Waals surface area contributed by atoms with E-state index >= 15 is 0 Å². The van der Waals surface area contributed by atoms with Gasteiger partial charge in [-0.15, -0.1) is 0 Å². The van der Waals surface area contributed by atoms with Gasteiger partial charge in [0.05, 0.1) is 6.54 Å². The van der Waals surface area contributed by atoms with E-state index in [2.05, 4.69) is 17.0 Å². The number of likely N-dealkylation sites (tertiary alicyclic amines) is 1. The van der Waals surface area contributed by atoms with Gasteiger partial charge in [-0.1, -0.05) is 26.2 Å². The molecule has 0 bridgehead atoms. The van der Waals surface area contributed by atoms with Gasteiger partial charge >= 0.3 is 6.09 Å². The van der Waals surface area contributed by atoms with Crippen molar-refractivity contribution in [1.82, 2.24) is 24.6 Å². The molecule has 2 aliphatic rings. The molecule has 1 spiro atoms. The Morgan fingerprint density at radius 1 is 1.31 bits per heavy atom. The van der Waals surface area contributed by atoms with Crippen LogP contribution in [0, 0.1) is 0 Å². The Morgan fingerprint density at radius 2 is 2.08 bits per heavy atom. The lowest BCUT2D eigenvalue weighted by Crippen LogP contribution is -2.50. The molecule has 2 aliphatic heterocycles. The fourth-order valence-corrected chi connectivity index (χ4v) is 3.78. The molecule has 2 saturated heterocycles. The monoisotopic (exact) mass is 363 g/mol. The molecule has 0 radical (unpaired) electrons. The Kier molecular flexibility index (Phi) is 5.78. The van der Waals surface area contributed by atoms with E-state index in [1.807, 2.05) is 16.7 Å². The normalized spacial score (nSPS) is 20.5. The molecule has 3 rings (SSSR count). The second kappa shape index (κ2) is 8.05. The molecule has 0 aromatic carbocycles. The van der Waals surface area contributed by atoms with Gasteiger partial charge in [0.2, 0.25) is 5.91 Å². The second-order valence-electron chi connectivity index (χ2n) is 7.41. The van der Waals surface area contributed by atoms with Gasteiger partial charge in [0.25, 0.3) is 0 Å². The Bertz CT molecular complexity index is 610. The highest BCUT2D eigenvalue weighted by molar-refractivity contribution is 5.80. The van der Waals surface area contributed by atoms with Crippen LogP contribution in [0.4, 0.5) is 4.79 Å². The fourth-order valence-electron chi connectivity index (χ4n) is 3.78. The molecule has 2 amide bonds. The molecule has 2 fully saturated rings. The standard InChI is InChI=1S/C18H29N5O3/c1-3-4-5-6-9-22-12-18(26-17(22)25)7-10-21(11-8-18)16(24)15(2)23-14-19-13-20-23/h13-15H,3-12H2,1-2H3. The first-order valence-corrected chi connectivity index (χ1v) is 9.65. The zero-order valence-corrected chi connectivity index (χ0v) is 15.8. The van der Waals surface area contributed by atoms with Gasteiger partial charge < -0.3 is 14.5 Å². The number of ether oxygens (including phenoxy) is 1. The maximum atomic E-state index is 12.7. The highest BCUT2D eigenvalue weighted by Crippen LogP contribution is 2.34. The minimum Gasteiger partial charge on any atom is -0.441 e. The predicted octanol–water partition coefficient (Wildman–Crippen LogP) is 2.23. The first-order valence-electron chi connectivity index (χ1n) is 9.65. The van der Waals surface area contributed by atoms with Crippen molar-refractivity contribution in [1.29, 1.82) is 0 Å². The van der Waals surface area contributed by atoms with E-state index in [4.69, 9.17) is 4.74 Å². The summed E-state index contributed by atoms with van der Waals surface area (Å²) < 4.78 is 7.31. The van der Waals surface area contributed by atoms with Crippen LogP contribution in [0.2, 0.25) is 0 Å². The van der Waals surface area contributed by atoms with Crippen LogP contribution in [-0.2, 0) is 9.53 Å². The molecule has 144 valence electrons. The van der Waals surface area contributed by atoms with Gasteiger partial charge in [-0.3, -0.25) is 4.79 Å². The van der Waals surface area contributed by atoms with Gasteiger partial charge in [-0.25, -0.2) is 14.5 Å². The molecule has 26 heavy (non-hydrogen) atoms. The van der Waals surface area contributed by atoms with E-state index in [0.717, 1.165) is 19.4 Å². The van der Waals surface area contributed by atoms with E-state index in [0.29, 0.717) is 32.5 Å². The Morgan fingerprint density at radius 3 is 2.73 bits per heavy atom. The minimum absolute atomic E-state index is 0.0334. The number of carbonyl (C=O) groups is 2. The number of unbranched alkanes of at least 4 members (excludes halogenated alkanes) is 3. The summed E-state index contributed by atoms with van der Waals surface area (Å²) in [6.45, 7) is 6.64. The summed E-state index contributed by atoms with van der Waals surface area (Å²) in [6, 6.07) is -0.368. The number of amides is 2. The highest BCUT2D eigenvalue weighted by Gasteiger charge is 2.47. The van der Waals surface area contributed by atoms with E-state index < -0.39 is 5.60 Å². The van der Waals surface area contributed by atoms with Crippen molar-refractivity contribution in [2.45, 2.75) is 64.0 Å². The Labute approximate surface area is 154 Å². The lowest BCUT2D eigenvalue weighted by Gasteiger charge is -2.38. The average Bonchev–Trinajstić information content (AvgIpc) is 3.27. The number of carbonyl (C=O) groups excluding carboxylic acids is 2. The first-order chi connectivity index (χ1) is 12.5. The number of nitrogens with zero attached hydrogens (tertiary/aromatic N) is 5. The molecule has 0 saturated carbocycles. The largest absolute Gasteiger partial charge is 0.441 e. The zero-order valence-electron chi connectivity index (χ0n) is 15.8. The van der Waals surface area contributed by atoms with Crippen LogP contribution in [0.1, 0.15) is 58.4 Å². The lowest BCUT2D eigenvalue weighted by atomic mass is 9.91. The number of hydrogen-bond donors (Lipinski definition) is 0. The SMILES string of the molecule is CCCCCCN1CC2(CCN(C(=O)C(C)n3cncn3)CC2)OC1=O. The molecule has 0 aliphatic carbocycles. The molecular formula is C18H29N5O3. The quantitative estimate of drug-likeness (QED) is 0.694. The van der Waals surface area contributed by atoms with E-state index in [9.17, 15) is 9.59 Å². The number of piperidine rings is 1. The molecular weight excluding hydrogens is 334 g/mol. The van der Waals surface area contributed by atoms with Crippen molar-refractivity contribution in [3.05, 3.63) is 12.7 Å². The molecule has 1 aromatic heterocycles. The molecule has 8 heteroatoms. The third-order valence-corrected chi connectivity index (χ3v) is 5.50. The van der Waals surface area contributed by atoms with Gasteiger partial charge in [-0.05, 0) is 13.3 Å². The van der Waals surface area contributed by atoms with Gasteiger partial charge in [-0.2, -0.15) is 5.10 Å². The smallest absolute Gasteiger partial charge is 0.410 e. The summed E-state index contributed by atoms with van der Waals surface area (Å²) in [5, 5.41) is 4.05. The van der Waals surface area contributed by atoms with E-state index in [1.54, 1.807) is 11.0 Å². The van der Waals surface area contributed by atoms with Crippen LogP contribution in [0.15, 0.2) is 12.7 Å². The average molecular weight is 363 g/mol. The van der Waals surface area contributed by atoms with Crippen LogP contribution in [-0.4, -0.2) is 68.3 Å². The summed E-state index contributed by atoms with van der Waals surface area (Å²) >= 11 is 0. The summed E-state index contributed by atoms with van der Waals surface area (Å²) in [7, 11) is 0. The number of rotatable bonds is 7. The lowest BCUT2D eigenvalue weighted by molar-refractivity contribution is -0.138. The van der Waals surface area contributed by atoms with Gasteiger partial charge in [0.15, 0.2) is 0 Å². The predicted molar refractivity (Wildman–Crippen MR) is 95.5 cm³/mol. The van der Waals surface area contributed by atoms with Crippen LogP contribution in [0.5, 0.6) is 0 Å². The molecule has 3 heterocycles. The maximum Gasteiger partial charge on any atom is 0.410 e. The summed E-state index contributed by atoms with van der Waals surface area (Å²) in [5.74, 6) is 0.0334. The van der Waals surface area contributed by atoms with Crippen LogP contribution >= 0.6 is 0 Å². The number of aromatic nitrogens is 3. The van der Waals surface area contributed by atoms with Gasteiger partial charge in [0.1, 0.15) is 24.3 Å². The van der Waals surface area contributed by atoms with Crippen molar-refractivity contribution < 1.29 is 14.3 Å². The molecule has 1 atom stereocenters. The van der Waals surface area contributed by atoms with Crippen molar-refractivity contribution in [3.63, 3.8) is 0 Å².